The number of aromatic nitrogens is 1. The van der Waals surface area contributed by atoms with Crippen molar-refractivity contribution in [1.29, 1.82) is 0 Å². The summed E-state index contributed by atoms with van der Waals surface area (Å²) in [5, 5.41) is 0. The zero-order valence-electron chi connectivity index (χ0n) is 9.36. The van der Waals surface area contributed by atoms with Gasteiger partial charge in [0, 0.05) is 6.07 Å². The summed E-state index contributed by atoms with van der Waals surface area (Å²) in [6.07, 6.45) is 3.42. The van der Waals surface area contributed by atoms with E-state index >= 15 is 0 Å². The fourth-order valence-corrected chi connectivity index (χ4v) is 1.81. The molecule has 0 bridgehead atoms. The molecule has 3 nitrogen and oxygen atoms in total. The quantitative estimate of drug-likeness (QED) is 0.824. The van der Waals surface area contributed by atoms with Crippen molar-refractivity contribution in [2.45, 2.75) is 44.8 Å². The van der Waals surface area contributed by atoms with E-state index in [1.54, 1.807) is 0 Å². The van der Waals surface area contributed by atoms with E-state index in [1.807, 2.05) is 32.0 Å². The first-order valence-corrected chi connectivity index (χ1v) is 5.53. The predicted molar refractivity (Wildman–Crippen MR) is 59.7 cm³/mol. The number of hydrogen-bond acceptors (Lipinski definition) is 3. The third kappa shape index (κ3) is 2.12. The molecule has 0 aromatic carbocycles. The second kappa shape index (κ2) is 3.81. The molecule has 0 spiro atoms. The van der Waals surface area contributed by atoms with Gasteiger partial charge in [0.2, 0.25) is 5.88 Å². The fraction of sp³-hybridized carbons (Fsp3) is 0.583. The van der Waals surface area contributed by atoms with Crippen LogP contribution in [0.4, 0.5) is 0 Å². The molecular formula is C12H18N2O. The minimum absolute atomic E-state index is 0.155. The maximum Gasteiger partial charge on any atom is 0.213 e. The predicted octanol–water partition coefficient (Wildman–Crippen LogP) is 2.21. The highest BCUT2D eigenvalue weighted by atomic mass is 16.5. The lowest BCUT2D eigenvalue weighted by atomic mass is 9.75. The molecule has 1 heterocycles. The van der Waals surface area contributed by atoms with Gasteiger partial charge in [0.15, 0.2) is 0 Å². The van der Waals surface area contributed by atoms with Crippen LogP contribution in [0.5, 0.6) is 5.88 Å². The van der Waals surface area contributed by atoms with Crippen LogP contribution in [-0.2, 0) is 5.54 Å². The van der Waals surface area contributed by atoms with Crippen molar-refractivity contribution in [2.24, 2.45) is 5.73 Å². The van der Waals surface area contributed by atoms with Gasteiger partial charge in [-0.1, -0.05) is 6.07 Å². The molecule has 0 saturated heterocycles. The van der Waals surface area contributed by atoms with E-state index in [1.165, 1.54) is 6.42 Å². The molecule has 1 aliphatic rings. The molecule has 1 saturated carbocycles. The lowest BCUT2D eigenvalue weighted by Gasteiger charge is -2.37. The molecular weight excluding hydrogens is 188 g/mol. The van der Waals surface area contributed by atoms with E-state index < -0.39 is 0 Å². The van der Waals surface area contributed by atoms with Crippen LogP contribution in [-0.4, -0.2) is 11.1 Å². The smallest absolute Gasteiger partial charge is 0.213 e. The number of hydrogen-bond donors (Lipinski definition) is 1. The van der Waals surface area contributed by atoms with Crippen LogP contribution in [0.2, 0.25) is 0 Å². The van der Waals surface area contributed by atoms with Gasteiger partial charge in [-0.15, -0.1) is 0 Å². The van der Waals surface area contributed by atoms with Gasteiger partial charge >= 0.3 is 0 Å². The molecule has 1 fully saturated rings. The molecule has 1 aliphatic carbocycles. The SMILES string of the molecule is CC(C)Oc1cccc(C2(N)CCC2)n1. The highest BCUT2D eigenvalue weighted by Crippen LogP contribution is 2.38. The Hall–Kier alpha value is -1.09. The Morgan fingerprint density at radius 3 is 2.67 bits per heavy atom. The van der Waals surface area contributed by atoms with Gasteiger partial charge in [0.25, 0.3) is 0 Å². The molecule has 0 atom stereocenters. The Labute approximate surface area is 90.7 Å². The van der Waals surface area contributed by atoms with Gasteiger partial charge in [0.05, 0.1) is 17.3 Å². The Balaban J connectivity index is 2.19. The first-order chi connectivity index (χ1) is 7.10. The Morgan fingerprint density at radius 2 is 2.13 bits per heavy atom. The standard InChI is InChI=1S/C12H18N2O/c1-9(2)15-11-6-3-5-10(14-11)12(13)7-4-8-12/h3,5-6,9H,4,7-8,13H2,1-2H3. The van der Waals surface area contributed by atoms with Crippen LogP contribution in [0.15, 0.2) is 18.2 Å². The maximum absolute atomic E-state index is 6.21. The molecule has 1 aromatic heterocycles. The Morgan fingerprint density at radius 1 is 1.40 bits per heavy atom. The first-order valence-electron chi connectivity index (χ1n) is 5.53. The monoisotopic (exact) mass is 206 g/mol. The molecule has 0 aliphatic heterocycles. The molecule has 3 heteroatoms. The highest BCUT2D eigenvalue weighted by Gasteiger charge is 2.35. The van der Waals surface area contributed by atoms with E-state index in [2.05, 4.69) is 4.98 Å². The zero-order valence-corrected chi connectivity index (χ0v) is 9.36. The van der Waals surface area contributed by atoms with Crippen LogP contribution >= 0.6 is 0 Å². The molecule has 2 rings (SSSR count). The van der Waals surface area contributed by atoms with Crippen molar-refractivity contribution in [1.82, 2.24) is 4.98 Å². The van der Waals surface area contributed by atoms with Gasteiger partial charge < -0.3 is 10.5 Å². The zero-order chi connectivity index (χ0) is 10.9. The van der Waals surface area contributed by atoms with Gasteiger partial charge in [-0.25, -0.2) is 4.98 Å². The Bertz CT molecular complexity index is 345. The fourth-order valence-electron chi connectivity index (χ4n) is 1.81. The Kier molecular flexibility index (Phi) is 2.65. The first kappa shape index (κ1) is 10.4. The number of rotatable bonds is 3. The minimum atomic E-state index is -0.198. The van der Waals surface area contributed by atoms with Gasteiger partial charge in [0.1, 0.15) is 0 Å². The largest absolute Gasteiger partial charge is 0.475 e. The van der Waals surface area contributed by atoms with E-state index in [-0.39, 0.29) is 11.6 Å². The summed E-state index contributed by atoms with van der Waals surface area (Å²) in [6.45, 7) is 3.99. The van der Waals surface area contributed by atoms with Crippen LogP contribution in [0.1, 0.15) is 38.8 Å². The van der Waals surface area contributed by atoms with E-state index in [0.717, 1.165) is 18.5 Å². The number of nitrogens with zero attached hydrogens (tertiary/aromatic N) is 1. The third-order valence-corrected chi connectivity index (χ3v) is 2.84. The van der Waals surface area contributed by atoms with Crippen LogP contribution in [0.25, 0.3) is 0 Å². The van der Waals surface area contributed by atoms with Gasteiger partial charge in [-0.2, -0.15) is 0 Å². The molecule has 0 amide bonds. The summed E-state index contributed by atoms with van der Waals surface area (Å²) in [7, 11) is 0. The second-order valence-electron chi connectivity index (χ2n) is 4.54. The van der Waals surface area contributed by atoms with E-state index in [0.29, 0.717) is 5.88 Å². The lowest BCUT2D eigenvalue weighted by molar-refractivity contribution is 0.219. The summed E-state index contributed by atoms with van der Waals surface area (Å²) < 4.78 is 5.55. The number of nitrogens with two attached hydrogens (primary N) is 1. The summed E-state index contributed by atoms with van der Waals surface area (Å²) in [5.41, 5.74) is 6.97. The molecule has 1 aromatic rings. The van der Waals surface area contributed by atoms with Gasteiger partial charge in [-0.05, 0) is 39.2 Å². The number of ether oxygens (including phenoxy) is 1. The molecule has 0 unspecified atom stereocenters. The summed E-state index contributed by atoms with van der Waals surface area (Å²) in [5.74, 6) is 0.680. The van der Waals surface area contributed by atoms with Crippen LogP contribution < -0.4 is 10.5 Å². The minimum Gasteiger partial charge on any atom is -0.475 e. The summed E-state index contributed by atoms with van der Waals surface area (Å²) in [4.78, 5) is 4.46. The van der Waals surface area contributed by atoms with Crippen molar-refractivity contribution >= 4 is 0 Å². The average molecular weight is 206 g/mol. The topological polar surface area (TPSA) is 48.1 Å². The number of pyridine rings is 1. The average Bonchev–Trinajstić information content (AvgIpc) is 2.13. The van der Waals surface area contributed by atoms with Crippen molar-refractivity contribution in [3.8, 4) is 5.88 Å². The van der Waals surface area contributed by atoms with Crippen LogP contribution in [0.3, 0.4) is 0 Å². The highest BCUT2D eigenvalue weighted by molar-refractivity contribution is 5.23. The molecule has 15 heavy (non-hydrogen) atoms. The van der Waals surface area contributed by atoms with Crippen molar-refractivity contribution < 1.29 is 4.74 Å². The van der Waals surface area contributed by atoms with Crippen molar-refractivity contribution in [2.75, 3.05) is 0 Å². The summed E-state index contributed by atoms with van der Waals surface area (Å²) >= 11 is 0. The second-order valence-corrected chi connectivity index (χ2v) is 4.54. The van der Waals surface area contributed by atoms with Crippen molar-refractivity contribution in [3.05, 3.63) is 23.9 Å². The molecule has 0 radical (unpaired) electrons. The summed E-state index contributed by atoms with van der Waals surface area (Å²) in [6, 6.07) is 5.84. The maximum atomic E-state index is 6.21. The van der Waals surface area contributed by atoms with Gasteiger partial charge in [-0.3, -0.25) is 0 Å². The van der Waals surface area contributed by atoms with E-state index in [9.17, 15) is 0 Å². The van der Waals surface area contributed by atoms with Crippen LogP contribution in [0, 0.1) is 0 Å². The lowest BCUT2D eigenvalue weighted by Crippen LogP contribution is -2.44. The normalized spacial score (nSPS) is 18.7. The van der Waals surface area contributed by atoms with E-state index in [4.69, 9.17) is 10.5 Å². The van der Waals surface area contributed by atoms with Crippen molar-refractivity contribution in [3.63, 3.8) is 0 Å². The molecule has 2 N–H and O–H groups in total. The third-order valence-electron chi connectivity index (χ3n) is 2.84. The molecule has 82 valence electrons.